The second-order valence-electron chi connectivity index (χ2n) is 5.26. The van der Waals surface area contributed by atoms with E-state index in [4.69, 9.17) is 9.68 Å². The molecule has 0 amide bonds. The van der Waals surface area contributed by atoms with E-state index in [1.807, 2.05) is 66.7 Å². The molecule has 0 aliphatic rings. The van der Waals surface area contributed by atoms with E-state index in [2.05, 4.69) is 24.5 Å². The van der Waals surface area contributed by atoms with Gasteiger partial charge < -0.3 is 0 Å². The van der Waals surface area contributed by atoms with Crippen molar-refractivity contribution in [2.45, 2.75) is 26.6 Å². The first-order valence-electron chi connectivity index (χ1n) is 8.02. The zero-order chi connectivity index (χ0) is 17.0. The largest absolute Gasteiger partial charge is 0.271 e. The maximum Gasteiger partial charge on any atom is 0.0996 e. The van der Waals surface area contributed by atoms with Crippen LogP contribution in [0.1, 0.15) is 24.5 Å². The van der Waals surface area contributed by atoms with Crippen LogP contribution in [0.15, 0.2) is 84.7 Å². The number of hydrogen-bond acceptors (Lipinski definition) is 4. The average molecular weight is 324 g/mol. The third kappa shape index (κ3) is 6.28. The predicted octanol–water partition coefficient (Wildman–Crippen LogP) is 4.24. The van der Waals surface area contributed by atoms with Crippen LogP contribution in [0.4, 0.5) is 0 Å². The van der Waals surface area contributed by atoms with Gasteiger partial charge in [0, 0.05) is 0 Å². The topological polar surface area (TPSA) is 42.5 Å². The van der Waals surface area contributed by atoms with Crippen LogP contribution in [0.2, 0.25) is 0 Å². The van der Waals surface area contributed by atoms with Crippen LogP contribution in [0.25, 0.3) is 0 Å². The van der Waals surface area contributed by atoms with Crippen LogP contribution in [-0.2, 0) is 22.9 Å². The molecular weight excluding hydrogens is 300 g/mol. The lowest BCUT2D eigenvalue weighted by Crippen LogP contribution is -2.23. The van der Waals surface area contributed by atoms with Gasteiger partial charge in [-0.15, -0.1) is 0 Å². The maximum atomic E-state index is 5.55. The lowest BCUT2D eigenvalue weighted by atomic mass is 10.2. The number of rotatable bonds is 10. The third-order valence-corrected chi connectivity index (χ3v) is 3.27. The lowest BCUT2D eigenvalue weighted by Gasteiger charge is -2.15. The second kappa shape index (κ2) is 10.3. The van der Waals surface area contributed by atoms with E-state index in [1.165, 1.54) is 0 Å². The quantitative estimate of drug-likeness (QED) is 0.507. The van der Waals surface area contributed by atoms with E-state index < -0.39 is 0 Å². The molecule has 4 heteroatoms. The zero-order valence-electron chi connectivity index (χ0n) is 14.0. The predicted molar refractivity (Wildman–Crippen MR) is 96.2 cm³/mol. The molecule has 24 heavy (non-hydrogen) atoms. The molecule has 2 rings (SSSR count). The Bertz CT molecular complexity index is 639. The van der Waals surface area contributed by atoms with E-state index in [-0.39, 0.29) is 0 Å². The molecule has 0 spiro atoms. The Labute approximate surface area is 143 Å². The number of allylic oxidation sites excluding steroid dienone is 1. The fourth-order valence-electron chi connectivity index (χ4n) is 2.04. The highest BCUT2D eigenvalue weighted by Crippen LogP contribution is 2.06. The van der Waals surface area contributed by atoms with Crippen LogP contribution in [0.3, 0.4) is 0 Å². The second-order valence-corrected chi connectivity index (χ2v) is 5.26. The van der Waals surface area contributed by atoms with Gasteiger partial charge in [0.15, 0.2) is 0 Å². The standard InChI is InChI=1S/C20H24N2O2/c1-3-10-20(22-24-16-19-13-8-5-9-14-19)17(2)21-23-15-18-11-6-4-7-12-18/h4-14,21-22H,2-3,15-16H2,1H3. The molecule has 126 valence electrons. The molecular formula is C20H24N2O2. The Kier molecular flexibility index (Phi) is 7.60. The van der Waals surface area contributed by atoms with Gasteiger partial charge in [-0.05, 0) is 17.5 Å². The molecule has 0 heterocycles. The minimum absolute atomic E-state index is 0.462. The summed E-state index contributed by atoms with van der Waals surface area (Å²) in [4.78, 5) is 11.0. The summed E-state index contributed by atoms with van der Waals surface area (Å²) in [5.41, 5.74) is 9.37. The number of hydroxylamine groups is 2. The summed E-state index contributed by atoms with van der Waals surface area (Å²) in [6, 6.07) is 19.9. The fourth-order valence-corrected chi connectivity index (χ4v) is 2.04. The van der Waals surface area contributed by atoms with Crippen LogP contribution in [0.5, 0.6) is 0 Å². The highest BCUT2D eigenvalue weighted by molar-refractivity contribution is 5.23. The molecule has 0 aliphatic heterocycles. The third-order valence-electron chi connectivity index (χ3n) is 3.27. The maximum absolute atomic E-state index is 5.55. The zero-order valence-corrected chi connectivity index (χ0v) is 14.0. The molecule has 0 aromatic heterocycles. The normalized spacial score (nSPS) is 11.1. The summed E-state index contributed by atoms with van der Waals surface area (Å²) in [6.45, 7) is 6.97. The Morgan fingerprint density at radius 1 is 0.875 bits per heavy atom. The summed E-state index contributed by atoms with van der Waals surface area (Å²) < 4.78 is 0. The van der Waals surface area contributed by atoms with Gasteiger partial charge in [0.25, 0.3) is 0 Å². The smallest absolute Gasteiger partial charge is 0.0996 e. The summed E-state index contributed by atoms with van der Waals surface area (Å²) in [5, 5.41) is 0. The minimum Gasteiger partial charge on any atom is -0.271 e. The molecule has 0 atom stereocenters. The molecule has 0 saturated heterocycles. The molecule has 0 radical (unpaired) electrons. The SMILES string of the molecule is C=C(NOCc1ccccc1)C(=CCC)NOCc1ccccc1. The first kappa shape index (κ1) is 17.8. The molecule has 0 bridgehead atoms. The van der Waals surface area contributed by atoms with Crippen LogP contribution in [0, 0.1) is 0 Å². The fraction of sp³-hybridized carbons (Fsp3) is 0.200. The first-order chi connectivity index (χ1) is 11.8. The van der Waals surface area contributed by atoms with E-state index in [0.717, 1.165) is 23.2 Å². The van der Waals surface area contributed by atoms with E-state index >= 15 is 0 Å². The van der Waals surface area contributed by atoms with Gasteiger partial charge in [0.1, 0.15) is 0 Å². The number of nitrogens with one attached hydrogen (secondary N) is 2. The van der Waals surface area contributed by atoms with E-state index in [0.29, 0.717) is 18.9 Å². The number of benzene rings is 2. The average Bonchev–Trinajstić information content (AvgIpc) is 2.63. The molecule has 2 N–H and O–H groups in total. The van der Waals surface area contributed by atoms with Crippen LogP contribution >= 0.6 is 0 Å². The van der Waals surface area contributed by atoms with Crippen molar-refractivity contribution in [2.75, 3.05) is 0 Å². The molecule has 0 aliphatic carbocycles. The van der Waals surface area contributed by atoms with Crippen molar-refractivity contribution in [1.82, 2.24) is 11.0 Å². The van der Waals surface area contributed by atoms with Crippen molar-refractivity contribution in [2.24, 2.45) is 0 Å². The van der Waals surface area contributed by atoms with Crippen molar-refractivity contribution in [3.05, 3.63) is 95.8 Å². The highest BCUT2D eigenvalue weighted by atomic mass is 16.7. The minimum atomic E-state index is 0.462. The van der Waals surface area contributed by atoms with Gasteiger partial charge in [-0.25, -0.2) is 0 Å². The Morgan fingerprint density at radius 2 is 1.38 bits per heavy atom. The van der Waals surface area contributed by atoms with Crippen molar-refractivity contribution in [1.29, 1.82) is 0 Å². The monoisotopic (exact) mass is 324 g/mol. The van der Waals surface area contributed by atoms with Gasteiger partial charge in [-0.2, -0.15) is 0 Å². The molecule has 0 unspecified atom stereocenters. The van der Waals surface area contributed by atoms with E-state index in [9.17, 15) is 0 Å². The van der Waals surface area contributed by atoms with Crippen molar-refractivity contribution in [3.63, 3.8) is 0 Å². The van der Waals surface area contributed by atoms with Gasteiger partial charge in [-0.1, -0.05) is 80.2 Å². The Morgan fingerprint density at radius 3 is 1.88 bits per heavy atom. The van der Waals surface area contributed by atoms with E-state index in [1.54, 1.807) is 0 Å². The van der Waals surface area contributed by atoms with Gasteiger partial charge in [0.05, 0.1) is 24.6 Å². The van der Waals surface area contributed by atoms with Gasteiger partial charge in [-0.3, -0.25) is 20.6 Å². The molecule has 2 aromatic carbocycles. The first-order valence-corrected chi connectivity index (χ1v) is 8.02. The highest BCUT2D eigenvalue weighted by Gasteiger charge is 2.03. The lowest BCUT2D eigenvalue weighted by molar-refractivity contribution is 0.0317. The molecule has 0 saturated carbocycles. The summed E-state index contributed by atoms with van der Waals surface area (Å²) >= 11 is 0. The molecule has 0 fully saturated rings. The van der Waals surface area contributed by atoms with Crippen molar-refractivity contribution >= 4 is 0 Å². The summed E-state index contributed by atoms with van der Waals surface area (Å²) in [5.74, 6) is 0. The van der Waals surface area contributed by atoms with Crippen LogP contribution in [-0.4, -0.2) is 0 Å². The van der Waals surface area contributed by atoms with Gasteiger partial charge >= 0.3 is 0 Å². The Balaban J connectivity index is 1.76. The number of hydrogen-bond donors (Lipinski definition) is 2. The molecule has 4 nitrogen and oxygen atoms in total. The summed E-state index contributed by atoms with van der Waals surface area (Å²) in [6.07, 6.45) is 2.85. The van der Waals surface area contributed by atoms with Crippen molar-refractivity contribution < 1.29 is 9.68 Å². The molecule has 2 aromatic rings. The van der Waals surface area contributed by atoms with Crippen LogP contribution < -0.4 is 11.0 Å². The van der Waals surface area contributed by atoms with Gasteiger partial charge in [0.2, 0.25) is 0 Å². The summed E-state index contributed by atoms with van der Waals surface area (Å²) in [7, 11) is 0. The Hall–Kier alpha value is -2.56. The van der Waals surface area contributed by atoms with Crippen molar-refractivity contribution in [3.8, 4) is 0 Å².